The number of carbonyl (C=O) groups excluding carboxylic acids is 1. The lowest BCUT2D eigenvalue weighted by atomic mass is 10.1. The third-order valence-electron chi connectivity index (χ3n) is 4.21. The highest BCUT2D eigenvalue weighted by molar-refractivity contribution is 7.16. The molecule has 0 spiro atoms. The Morgan fingerprint density at radius 2 is 1.94 bits per heavy atom. The molecule has 2 aromatic heterocycles. The SMILES string of the molecule is COC(=O)c1cc(C(F)(F)F)cnc1Nc1nc(-c2ccc(Cl)cc2Cl)c(C(C)C)s1. The van der Waals surface area contributed by atoms with Crippen LogP contribution in [0.25, 0.3) is 11.3 Å². The molecule has 0 radical (unpaired) electrons. The molecule has 0 aliphatic rings. The van der Waals surface area contributed by atoms with E-state index < -0.39 is 17.7 Å². The summed E-state index contributed by atoms with van der Waals surface area (Å²) in [5, 5.41) is 4.07. The van der Waals surface area contributed by atoms with Gasteiger partial charge < -0.3 is 10.1 Å². The molecule has 11 heteroatoms. The van der Waals surface area contributed by atoms with Crippen molar-refractivity contribution in [2.45, 2.75) is 25.9 Å². The molecule has 1 aromatic carbocycles. The second kappa shape index (κ2) is 9.02. The number of halogens is 5. The number of anilines is 2. The summed E-state index contributed by atoms with van der Waals surface area (Å²) in [4.78, 5) is 21.3. The van der Waals surface area contributed by atoms with Gasteiger partial charge >= 0.3 is 12.1 Å². The van der Waals surface area contributed by atoms with Gasteiger partial charge in [0, 0.05) is 21.7 Å². The summed E-state index contributed by atoms with van der Waals surface area (Å²) in [5.41, 5.74) is -0.151. The summed E-state index contributed by atoms with van der Waals surface area (Å²) in [6.07, 6.45) is -4.01. The molecule has 0 atom stereocenters. The maximum absolute atomic E-state index is 13.0. The lowest BCUT2D eigenvalue weighted by Crippen LogP contribution is -2.12. The van der Waals surface area contributed by atoms with E-state index in [1.165, 1.54) is 11.3 Å². The van der Waals surface area contributed by atoms with E-state index in [2.05, 4.69) is 20.0 Å². The summed E-state index contributed by atoms with van der Waals surface area (Å²) in [7, 11) is 1.08. The van der Waals surface area contributed by atoms with Gasteiger partial charge in [0.15, 0.2) is 5.13 Å². The van der Waals surface area contributed by atoms with E-state index in [9.17, 15) is 18.0 Å². The summed E-state index contributed by atoms with van der Waals surface area (Å²) in [6, 6.07) is 5.72. The van der Waals surface area contributed by atoms with Crippen molar-refractivity contribution in [2.75, 3.05) is 12.4 Å². The van der Waals surface area contributed by atoms with E-state index in [1.807, 2.05) is 13.8 Å². The van der Waals surface area contributed by atoms with Crippen molar-refractivity contribution in [1.29, 1.82) is 0 Å². The van der Waals surface area contributed by atoms with Crippen molar-refractivity contribution >= 4 is 51.5 Å². The second-order valence-corrected chi connectivity index (χ2v) is 8.62. The summed E-state index contributed by atoms with van der Waals surface area (Å²) in [5.74, 6) is -0.976. The van der Waals surface area contributed by atoms with E-state index in [0.29, 0.717) is 38.7 Å². The first kappa shape index (κ1) is 23.3. The van der Waals surface area contributed by atoms with Crippen LogP contribution in [0.5, 0.6) is 0 Å². The van der Waals surface area contributed by atoms with Gasteiger partial charge in [0.25, 0.3) is 0 Å². The molecule has 0 fully saturated rings. The van der Waals surface area contributed by atoms with Gasteiger partial charge in [-0.05, 0) is 30.2 Å². The number of nitrogens with zero attached hydrogens (tertiary/aromatic N) is 2. The van der Waals surface area contributed by atoms with Crippen LogP contribution in [-0.4, -0.2) is 23.0 Å². The highest BCUT2D eigenvalue weighted by atomic mass is 35.5. The van der Waals surface area contributed by atoms with Gasteiger partial charge in [-0.15, -0.1) is 11.3 Å². The summed E-state index contributed by atoms with van der Waals surface area (Å²) >= 11 is 13.6. The van der Waals surface area contributed by atoms with Crippen molar-refractivity contribution < 1.29 is 22.7 Å². The Kier molecular flexibility index (Phi) is 6.78. The zero-order valence-electron chi connectivity index (χ0n) is 16.5. The number of methoxy groups -OCH3 is 1. The molecule has 0 aliphatic carbocycles. The number of hydrogen-bond donors (Lipinski definition) is 1. The molecule has 31 heavy (non-hydrogen) atoms. The van der Waals surface area contributed by atoms with E-state index in [-0.39, 0.29) is 17.3 Å². The monoisotopic (exact) mass is 489 g/mol. The zero-order valence-corrected chi connectivity index (χ0v) is 18.8. The van der Waals surface area contributed by atoms with Crippen LogP contribution in [0.15, 0.2) is 30.5 Å². The molecule has 0 aliphatic heterocycles. The summed E-state index contributed by atoms with van der Waals surface area (Å²) in [6.45, 7) is 3.95. The Morgan fingerprint density at radius 3 is 2.52 bits per heavy atom. The minimum Gasteiger partial charge on any atom is -0.465 e. The Balaban J connectivity index is 2.06. The first-order valence-corrected chi connectivity index (χ1v) is 10.5. The molecule has 0 amide bonds. The number of ether oxygens (including phenoxy) is 1. The highest BCUT2D eigenvalue weighted by Crippen LogP contribution is 2.41. The molecular formula is C20H16Cl2F3N3O2S. The number of aromatic nitrogens is 2. The van der Waals surface area contributed by atoms with Crippen molar-refractivity contribution in [2.24, 2.45) is 0 Å². The quantitative estimate of drug-likeness (QED) is 0.384. The first-order valence-electron chi connectivity index (χ1n) is 8.90. The van der Waals surface area contributed by atoms with Crippen LogP contribution in [0.2, 0.25) is 10.0 Å². The Labute approximate surface area is 190 Å². The number of thiazole rings is 1. The number of benzene rings is 1. The molecule has 0 unspecified atom stereocenters. The van der Waals surface area contributed by atoms with E-state index in [4.69, 9.17) is 23.2 Å². The fraction of sp³-hybridized carbons (Fsp3) is 0.250. The molecule has 0 saturated carbocycles. The maximum Gasteiger partial charge on any atom is 0.417 e. The molecule has 3 aromatic rings. The van der Waals surface area contributed by atoms with Crippen molar-refractivity contribution in [1.82, 2.24) is 9.97 Å². The van der Waals surface area contributed by atoms with Crippen LogP contribution in [0.1, 0.15) is 40.6 Å². The van der Waals surface area contributed by atoms with Gasteiger partial charge in [0.2, 0.25) is 0 Å². The fourth-order valence-corrected chi connectivity index (χ4v) is 4.22. The number of nitrogens with one attached hydrogen (secondary N) is 1. The fourth-order valence-electron chi connectivity index (χ4n) is 2.74. The van der Waals surface area contributed by atoms with Crippen LogP contribution >= 0.6 is 34.5 Å². The molecule has 1 N–H and O–H groups in total. The molecule has 3 rings (SSSR count). The number of rotatable bonds is 5. The van der Waals surface area contributed by atoms with E-state index in [1.54, 1.807) is 18.2 Å². The number of esters is 1. The zero-order chi connectivity index (χ0) is 22.9. The summed E-state index contributed by atoms with van der Waals surface area (Å²) < 4.78 is 43.8. The van der Waals surface area contributed by atoms with Crippen LogP contribution in [0.4, 0.5) is 24.1 Å². The normalized spacial score (nSPS) is 11.6. The van der Waals surface area contributed by atoms with E-state index >= 15 is 0 Å². The smallest absolute Gasteiger partial charge is 0.417 e. The number of pyridine rings is 1. The van der Waals surface area contributed by atoms with Gasteiger partial charge in [-0.1, -0.05) is 37.0 Å². The molecular weight excluding hydrogens is 474 g/mol. The van der Waals surface area contributed by atoms with Gasteiger partial charge in [-0.3, -0.25) is 0 Å². The average molecular weight is 490 g/mol. The lowest BCUT2D eigenvalue weighted by molar-refractivity contribution is -0.137. The first-order chi connectivity index (χ1) is 14.5. The van der Waals surface area contributed by atoms with Crippen molar-refractivity contribution in [3.63, 3.8) is 0 Å². The molecule has 164 valence electrons. The van der Waals surface area contributed by atoms with Gasteiger partial charge in [-0.25, -0.2) is 14.8 Å². The Morgan fingerprint density at radius 1 is 1.23 bits per heavy atom. The minimum atomic E-state index is -4.65. The molecule has 0 saturated heterocycles. The largest absolute Gasteiger partial charge is 0.465 e. The number of carbonyl (C=O) groups is 1. The third kappa shape index (κ3) is 5.11. The molecule has 0 bridgehead atoms. The topological polar surface area (TPSA) is 64.1 Å². The Hall–Kier alpha value is -2.36. The highest BCUT2D eigenvalue weighted by Gasteiger charge is 2.33. The minimum absolute atomic E-state index is 0.0791. The third-order valence-corrected chi connectivity index (χ3v) is 6.03. The van der Waals surface area contributed by atoms with Crippen LogP contribution in [-0.2, 0) is 10.9 Å². The van der Waals surface area contributed by atoms with Crippen LogP contribution < -0.4 is 5.32 Å². The van der Waals surface area contributed by atoms with Crippen molar-refractivity contribution in [3.8, 4) is 11.3 Å². The van der Waals surface area contributed by atoms with Gasteiger partial charge in [0.05, 0.1) is 23.4 Å². The van der Waals surface area contributed by atoms with Crippen molar-refractivity contribution in [3.05, 3.63) is 56.5 Å². The predicted octanol–water partition coefficient (Wildman–Crippen LogP) is 7.18. The van der Waals surface area contributed by atoms with Crippen LogP contribution in [0, 0.1) is 0 Å². The second-order valence-electron chi connectivity index (χ2n) is 6.75. The Bertz CT molecular complexity index is 1130. The number of alkyl halides is 3. The predicted molar refractivity (Wildman–Crippen MR) is 116 cm³/mol. The molecule has 5 nitrogen and oxygen atoms in total. The van der Waals surface area contributed by atoms with Gasteiger partial charge in [-0.2, -0.15) is 13.2 Å². The lowest BCUT2D eigenvalue weighted by Gasteiger charge is -2.11. The molecule has 2 heterocycles. The van der Waals surface area contributed by atoms with Crippen LogP contribution in [0.3, 0.4) is 0 Å². The van der Waals surface area contributed by atoms with Gasteiger partial charge in [0.1, 0.15) is 11.4 Å². The number of hydrogen-bond acceptors (Lipinski definition) is 6. The maximum atomic E-state index is 13.0. The average Bonchev–Trinajstić information content (AvgIpc) is 3.10. The standard InChI is InChI=1S/C20H16Cl2F3N3O2S/c1-9(2)16-15(12-5-4-11(21)7-14(12)22)27-19(31-16)28-17-13(18(29)30-3)6-10(8-26-17)20(23,24)25/h4-9H,1-3H3,(H,26,27,28). The van der Waals surface area contributed by atoms with E-state index in [0.717, 1.165) is 12.0 Å².